The fourth-order valence-electron chi connectivity index (χ4n) is 1.86. The van der Waals surface area contributed by atoms with Crippen molar-refractivity contribution in [3.05, 3.63) is 35.4 Å². The summed E-state index contributed by atoms with van der Waals surface area (Å²) >= 11 is 0. The van der Waals surface area contributed by atoms with Crippen molar-refractivity contribution in [2.24, 2.45) is 0 Å². The molecule has 0 fully saturated rings. The number of carboxylic acids is 1. The van der Waals surface area contributed by atoms with Gasteiger partial charge in [0, 0.05) is 6.42 Å². The number of rotatable bonds is 7. The molecule has 0 radical (unpaired) electrons. The van der Waals surface area contributed by atoms with Gasteiger partial charge >= 0.3 is 5.97 Å². The molecular formula is C16H23NO3. The number of nitrogens with one attached hydrogen (secondary N) is 1. The Labute approximate surface area is 120 Å². The molecule has 0 bridgehead atoms. The van der Waals surface area contributed by atoms with Crippen LogP contribution in [0.25, 0.3) is 0 Å². The minimum absolute atomic E-state index is 0.220. The predicted molar refractivity (Wildman–Crippen MR) is 78.6 cm³/mol. The number of hydrogen-bond acceptors (Lipinski definition) is 2. The molecule has 0 unspecified atom stereocenters. The Morgan fingerprint density at radius 1 is 1.15 bits per heavy atom. The zero-order valence-corrected chi connectivity index (χ0v) is 12.4. The van der Waals surface area contributed by atoms with Gasteiger partial charge in [0.25, 0.3) is 0 Å². The van der Waals surface area contributed by atoms with Gasteiger partial charge in [0.2, 0.25) is 5.91 Å². The first-order chi connectivity index (χ1) is 9.35. The summed E-state index contributed by atoms with van der Waals surface area (Å²) in [5.74, 6) is -1.25. The number of carbonyl (C=O) groups excluding carboxylic acids is 1. The van der Waals surface area contributed by atoms with E-state index >= 15 is 0 Å². The lowest BCUT2D eigenvalue weighted by Gasteiger charge is -2.20. The highest BCUT2D eigenvalue weighted by Crippen LogP contribution is 2.09. The van der Waals surface area contributed by atoms with Crippen molar-refractivity contribution in [3.8, 4) is 0 Å². The van der Waals surface area contributed by atoms with E-state index in [0.717, 1.165) is 12.8 Å². The van der Waals surface area contributed by atoms with E-state index in [0.29, 0.717) is 12.8 Å². The van der Waals surface area contributed by atoms with Gasteiger partial charge < -0.3 is 10.4 Å². The number of carboxylic acid groups (broad SMARTS) is 1. The van der Waals surface area contributed by atoms with Gasteiger partial charge in [0.15, 0.2) is 0 Å². The molecule has 1 aromatic carbocycles. The highest BCUT2D eigenvalue weighted by molar-refractivity contribution is 5.86. The molecule has 1 aromatic rings. The van der Waals surface area contributed by atoms with Crippen LogP contribution in [-0.4, -0.2) is 22.5 Å². The highest BCUT2D eigenvalue weighted by Gasteiger charge is 2.28. The summed E-state index contributed by atoms with van der Waals surface area (Å²) in [4.78, 5) is 22.6. The molecule has 20 heavy (non-hydrogen) atoms. The van der Waals surface area contributed by atoms with Crippen LogP contribution in [0.3, 0.4) is 0 Å². The molecule has 0 heterocycles. The first-order valence-electron chi connectivity index (χ1n) is 6.97. The molecule has 2 N–H and O–H groups in total. The van der Waals surface area contributed by atoms with Crippen LogP contribution in [0.5, 0.6) is 0 Å². The summed E-state index contributed by atoms with van der Waals surface area (Å²) in [5, 5.41) is 11.4. The SMILES string of the molecule is CCc1ccc(CCCC(=O)NC(C)(C)C(=O)O)cc1. The van der Waals surface area contributed by atoms with E-state index < -0.39 is 11.5 Å². The standard InChI is InChI=1S/C16H23NO3/c1-4-12-8-10-13(11-9-12)6-5-7-14(18)17-16(2,3)15(19)20/h8-11H,4-7H2,1-3H3,(H,17,18)(H,19,20). The van der Waals surface area contributed by atoms with Crippen LogP contribution >= 0.6 is 0 Å². The van der Waals surface area contributed by atoms with Crippen molar-refractivity contribution in [2.75, 3.05) is 0 Å². The van der Waals surface area contributed by atoms with Crippen LogP contribution in [-0.2, 0) is 22.4 Å². The van der Waals surface area contributed by atoms with E-state index in [-0.39, 0.29) is 5.91 Å². The number of aliphatic carboxylic acids is 1. The summed E-state index contributed by atoms with van der Waals surface area (Å²) in [7, 11) is 0. The lowest BCUT2D eigenvalue weighted by atomic mass is 10.0. The van der Waals surface area contributed by atoms with Gasteiger partial charge in [-0.1, -0.05) is 31.2 Å². The van der Waals surface area contributed by atoms with Gasteiger partial charge in [-0.2, -0.15) is 0 Å². The fraction of sp³-hybridized carbons (Fsp3) is 0.500. The van der Waals surface area contributed by atoms with Crippen LogP contribution in [0.2, 0.25) is 0 Å². The molecule has 0 aliphatic rings. The Bertz CT molecular complexity index is 463. The summed E-state index contributed by atoms with van der Waals surface area (Å²) in [6, 6.07) is 8.36. The third-order valence-corrected chi connectivity index (χ3v) is 3.29. The number of aryl methyl sites for hydroxylation is 2. The van der Waals surface area contributed by atoms with Crippen molar-refractivity contribution in [3.63, 3.8) is 0 Å². The van der Waals surface area contributed by atoms with Crippen LogP contribution in [0.1, 0.15) is 44.7 Å². The normalized spacial score (nSPS) is 11.2. The lowest BCUT2D eigenvalue weighted by molar-refractivity contribution is -0.146. The molecular weight excluding hydrogens is 254 g/mol. The van der Waals surface area contributed by atoms with Gasteiger partial charge in [0.1, 0.15) is 5.54 Å². The lowest BCUT2D eigenvalue weighted by Crippen LogP contribution is -2.49. The minimum atomic E-state index is -1.21. The minimum Gasteiger partial charge on any atom is -0.480 e. The van der Waals surface area contributed by atoms with Crippen LogP contribution < -0.4 is 5.32 Å². The van der Waals surface area contributed by atoms with Crippen LogP contribution in [0, 0.1) is 0 Å². The van der Waals surface area contributed by atoms with Crippen molar-refractivity contribution in [2.45, 2.75) is 52.0 Å². The van der Waals surface area contributed by atoms with Crippen molar-refractivity contribution in [1.29, 1.82) is 0 Å². The summed E-state index contributed by atoms with van der Waals surface area (Å²) in [5.41, 5.74) is 1.29. The second kappa shape index (κ2) is 7.08. The smallest absolute Gasteiger partial charge is 0.328 e. The maximum absolute atomic E-state index is 11.7. The molecule has 0 spiro atoms. The highest BCUT2D eigenvalue weighted by atomic mass is 16.4. The Morgan fingerprint density at radius 3 is 2.20 bits per heavy atom. The van der Waals surface area contributed by atoms with Crippen LogP contribution in [0.15, 0.2) is 24.3 Å². The molecule has 4 nitrogen and oxygen atoms in total. The number of hydrogen-bond donors (Lipinski definition) is 2. The second-order valence-corrected chi connectivity index (χ2v) is 5.50. The van der Waals surface area contributed by atoms with Crippen molar-refractivity contribution < 1.29 is 14.7 Å². The zero-order chi connectivity index (χ0) is 15.2. The molecule has 0 aromatic heterocycles. The van der Waals surface area contributed by atoms with Gasteiger partial charge in [-0.15, -0.1) is 0 Å². The largest absolute Gasteiger partial charge is 0.480 e. The summed E-state index contributed by atoms with van der Waals surface area (Å²) in [6.07, 6.45) is 2.90. The number of carbonyl (C=O) groups is 2. The molecule has 0 atom stereocenters. The van der Waals surface area contributed by atoms with E-state index in [1.54, 1.807) is 0 Å². The number of amides is 1. The van der Waals surface area contributed by atoms with Gasteiger partial charge in [0.05, 0.1) is 0 Å². The Balaban J connectivity index is 2.36. The summed E-state index contributed by atoms with van der Waals surface area (Å²) < 4.78 is 0. The van der Waals surface area contributed by atoms with Gasteiger partial charge in [-0.3, -0.25) is 4.79 Å². The molecule has 0 saturated carbocycles. The van der Waals surface area contributed by atoms with E-state index in [2.05, 4.69) is 36.5 Å². The molecule has 4 heteroatoms. The maximum Gasteiger partial charge on any atom is 0.328 e. The predicted octanol–water partition coefficient (Wildman–Crippen LogP) is 2.55. The Hall–Kier alpha value is -1.84. The third kappa shape index (κ3) is 5.03. The van der Waals surface area contributed by atoms with E-state index in [1.165, 1.54) is 25.0 Å². The molecule has 0 aliphatic carbocycles. The first-order valence-corrected chi connectivity index (χ1v) is 6.97. The average molecular weight is 277 g/mol. The fourth-order valence-corrected chi connectivity index (χ4v) is 1.86. The molecule has 0 saturated heterocycles. The summed E-state index contributed by atoms with van der Waals surface area (Å²) in [6.45, 7) is 5.08. The van der Waals surface area contributed by atoms with Gasteiger partial charge in [-0.05, 0) is 44.2 Å². The second-order valence-electron chi connectivity index (χ2n) is 5.50. The molecule has 0 aliphatic heterocycles. The number of benzene rings is 1. The van der Waals surface area contributed by atoms with Gasteiger partial charge in [-0.25, -0.2) is 4.79 Å². The third-order valence-electron chi connectivity index (χ3n) is 3.29. The molecule has 110 valence electrons. The Morgan fingerprint density at radius 2 is 1.70 bits per heavy atom. The average Bonchev–Trinajstić information content (AvgIpc) is 2.38. The van der Waals surface area contributed by atoms with Crippen molar-refractivity contribution in [1.82, 2.24) is 5.32 Å². The monoisotopic (exact) mass is 277 g/mol. The first kappa shape index (κ1) is 16.2. The van der Waals surface area contributed by atoms with E-state index in [4.69, 9.17) is 5.11 Å². The van der Waals surface area contributed by atoms with E-state index in [9.17, 15) is 9.59 Å². The Kier molecular flexibility index (Phi) is 5.74. The maximum atomic E-state index is 11.7. The van der Waals surface area contributed by atoms with E-state index in [1.807, 2.05) is 0 Å². The quantitative estimate of drug-likeness (QED) is 0.805. The topological polar surface area (TPSA) is 66.4 Å². The molecule has 1 amide bonds. The zero-order valence-electron chi connectivity index (χ0n) is 12.4. The van der Waals surface area contributed by atoms with Crippen molar-refractivity contribution >= 4 is 11.9 Å². The van der Waals surface area contributed by atoms with Crippen LogP contribution in [0.4, 0.5) is 0 Å². The molecule has 1 rings (SSSR count).